The molecule has 0 aromatic heterocycles. The van der Waals surface area contributed by atoms with Crippen molar-refractivity contribution in [3.8, 4) is 11.8 Å². The predicted molar refractivity (Wildman–Crippen MR) is 117 cm³/mol. The fourth-order valence-corrected chi connectivity index (χ4v) is 2.09. The highest BCUT2D eigenvalue weighted by Crippen LogP contribution is 2.07. The third-order valence-electron chi connectivity index (χ3n) is 3.55. The normalized spacial score (nSPS) is 9.79. The number of carbonyl (C=O) groups is 2. The summed E-state index contributed by atoms with van der Waals surface area (Å²) in [6, 6.07) is 13.2. The number of nitrogens with two attached hydrogens (primary N) is 1. The minimum absolute atomic E-state index is 0.364. The molecular weight excluding hydrogens is 366 g/mol. The lowest BCUT2D eigenvalue weighted by molar-refractivity contribution is -0.131. The standard InChI is InChI=1S/C19H19N3O3.C2H6.C2H4/c1-2-17(19(24)22-25)21-18(23)15-9-5-13(6-10-15)3-4-14-7-11-16(20)12-8-14;2*1-2/h5-12,17,25H,2,20H2,1H3,(H,21,23)(H,22,24);1-2H3;1-2H2. The maximum absolute atomic E-state index is 12.1. The molecule has 0 heterocycles. The average Bonchev–Trinajstić information content (AvgIpc) is 2.79. The number of anilines is 1. The van der Waals surface area contributed by atoms with Gasteiger partial charge in [-0.3, -0.25) is 14.8 Å². The summed E-state index contributed by atoms with van der Waals surface area (Å²) < 4.78 is 0. The van der Waals surface area contributed by atoms with Crippen LogP contribution in [0.1, 0.15) is 48.7 Å². The van der Waals surface area contributed by atoms with Crippen LogP contribution in [0.2, 0.25) is 0 Å². The van der Waals surface area contributed by atoms with Gasteiger partial charge >= 0.3 is 0 Å². The molecule has 5 N–H and O–H groups in total. The summed E-state index contributed by atoms with van der Waals surface area (Å²) in [6.45, 7) is 11.7. The molecule has 2 rings (SSSR count). The number of rotatable bonds is 4. The van der Waals surface area contributed by atoms with Gasteiger partial charge in [-0.15, -0.1) is 13.2 Å². The lowest BCUT2D eigenvalue weighted by atomic mass is 10.1. The number of nitrogens with one attached hydrogen (secondary N) is 2. The highest BCUT2D eigenvalue weighted by molar-refractivity contribution is 5.97. The molecule has 0 saturated carbocycles. The summed E-state index contributed by atoms with van der Waals surface area (Å²) in [6.07, 6.45) is 0.364. The second kappa shape index (κ2) is 14.5. The van der Waals surface area contributed by atoms with Gasteiger partial charge < -0.3 is 11.1 Å². The fraction of sp³-hybridized carbons (Fsp3) is 0.217. The average molecular weight is 396 g/mol. The van der Waals surface area contributed by atoms with Crippen LogP contribution >= 0.6 is 0 Å². The first kappa shape index (κ1) is 25.4. The van der Waals surface area contributed by atoms with Gasteiger partial charge in [-0.05, 0) is 55.0 Å². The van der Waals surface area contributed by atoms with Gasteiger partial charge in [-0.2, -0.15) is 0 Å². The molecule has 2 amide bonds. The molecule has 2 aromatic rings. The zero-order valence-corrected chi connectivity index (χ0v) is 17.2. The topological polar surface area (TPSA) is 104 Å². The van der Waals surface area contributed by atoms with Crippen molar-refractivity contribution in [2.24, 2.45) is 0 Å². The minimum atomic E-state index is -0.789. The van der Waals surface area contributed by atoms with E-state index < -0.39 is 17.9 Å². The Balaban J connectivity index is 0.00000184. The minimum Gasteiger partial charge on any atom is -0.399 e. The van der Waals surface area contributed by atoms with Crippen molar-refractivity contribution < 1.29 is 14.8 Å². The van der Waals surface area contributed by atoms with Crippen molar-refractivity contribution >= 4 is 17.5 Å². The Morgan fingerprint density at radius 1 is 1.00 bits per heavy atom. The van der Waals surface area contributed by atoms with E-state index in [4.69, 9.17) is 10.9 Å². The largest absolute Gasteiger partial charge is 0.399 e. The summed E-state index contributed by atoms with van der Waals surface area (Å²) in [7, 11) is 0. The molecule has 0 aliphatic carbocycles. The predicted octanol–water partition coefficient (Wildman–Crippen LogP) is 3.51. The maximum atomic E-state index is 12.1. The molecule has 0 radical (unpaired) electrons. The lowest BCUT2D eigenvalue weighted by Crippen LogP contribution is -2.45. The van der Waals surface area contributed by atoms with Crippen LogP contribution in [0, 0.1) is 11.8 Å². The van der Waals surface area contributed by atoms with Crippen molar-refractivity contribution in [2.45, 2.75) is 33.2 Å². The molecule has 0 aliphatic rings. The maximum Gasteiger partial charge on any atom is 0.265 e. The number of carbonyl (C=O) groups excluding carboxylic acids is 2. The van der Waals surface area contributed by atoms with Crippen molar-refractivity contribution in [2.75, 3.05) is 5.73 Å². The van der Waals surface area contributed by atoms with Gasteiger partial charge in [0.2, 0.25) is 0 Å². The van der Waals surface area contributed by atoms with Crippen LogP contribution in [0.5, 0.6) is 0 Å². The van der Waals surface area contributed by atoms with Gasteiger partial charge in [0, 0.05) is 22.4 Å². The molecule has 6 heteroatoms. The molecule has 1 unspecified atom stereocenters. The van der Waals surface area contributed by atoms with Gasteiger partial charge in [-0.25, -0.2) is 5.48 Å². The summed E-state index contributed by atoms with van der Waals surface area (Å²) in [5, 5.41) is 11.2. The Hall–Kier alpha value is -3.56. The Labute approximate surface area is 172 Å². The molecule has 0 fully saturated rings. The molecule has 29 heavy (non-hydrogen) atoms. The van der Waals surface area contributed by atoms with E-state index in [1.807, 2.05) is 26.0 Å². The van der Waals surface area contributed by atoms with Gasteiger partial charge in [0.05, 0.1) is 0 Å². The number of amides is 2. The second-order valence-electron chi connectivity index (χ2n) is 5.36. The van der Waals surface area contributed by atoms with Crippen molar-refractivity contribution in [1.82, 2.24) is 10.8 Å². The molecule has 6 nitrogen and oxygen atoms in total. The van der Waals surface area contributed by atoms with E-state index in [0.29, 0.717) is 17.7 Å². The zero-order chi connectivity index (χ0) is 22.2. The zero-order valence-electron chi connectivity index (χ0n) is 17.2. The van der Waals surface area contributed by atoms with E-state index in [9.17, 15) is 9.59 Å². The molecule has 0 bridgehead atoms. The fourth-order valence-electron chi connectivity index (χ4n) is 2.09. The van der Waals surface area contributed by atoms with E-state index >= 15 is 0 Å². The third-order valence-corrected chi connectivity index (χ3v) is 3.55. The van der Waals surface area contributed by atoms with Crippen LogP contribution in [0.15, 0.2) is 61.7 Å². The summed E-state index contributed by atoms with van der Waals surface area (Å²) in [5.41, 5.74) is 9.85. The third kappa shape index (κ3) is 8.78. The highest BCUT2D eigenvalue weighted by Gasteiger charge is 2.18. The van der Waals surface area contributed by atoms with Gasteiger partial charge in [0.25, 0.3) is 11.8 Å². The molecule has 1 atom stereocenters. The van der Waals surface area contributed by atoms with Crippen LogP contribution in [-0.4, -0.2) is 23.1 Å². The number of hydrogen-bond acceptors (Lipinski definition) is 4. The van der Waals surface area contributed by atoms with E-state index in [2.05, 4.69) is 30.3 Å². The second-order valence-corrected chi connectivity index (χ2v) is 5.36. The Bertz CT molecular complexity index is 819. The van der Waals surface area contributed by atoms with Crippen molar-refractivity contribution in [1.29, 1.82) is 0 Å². The van der Waals surface area contributed by atoms with Crippen LogP contribution < -0.4 is 16.5 Å². The smallest absolute Gasteiger partial charge is 0.265 e. The van der Waals surface area contributed by atoms with Crippen molar-refractivity contribution in [3.05, 3.63) is 78.4 Å². The van der Waals surface area contributed by atoms with Crippen LogP contribution in [0.4, 0.5) is 5.69 Å². The van der Waals surface area contributed by atoms with E-state index in [1.165, 1.54) is 5.48 Å². The number of nitrogen functional groups attached to an aromatic ring is 1. The number of hydroxylamine groups is 1. The summed E-state index contributed by atoms with van der Waals surface area (Å²) >= 11 is 0. The highest BCUT2D eigenvalue weighted by atomic mass is 16.5. The molecule has 2 aromatic carbocycles. The first-order valence-electron chi connectivity index (χ1n) is 9.26. The van der Waals surface area contributed by atoms with Crippen LogP contribution in [0.25, 0.3) is 0 Å². The van der Waals surface area contributed by atoms with Gasteiger partial charge in [0.1, 0.15) is 6.04 Å². The van der Waals surface area contributed by atoms with Crippen LogP contribution in [0.3, 0.4) is 0 Å². The van der Waals surface area contributed by atoms with Crippen molar-refractivity contribution in [3.63, 3.8) is 0 Å². The SMILES string of the molecule is C=C.CC.CCC(NC(=O)c1ccc(C#Cc2ccc(N)cc2)cc1)C(=O)NO. The summed E-state index contributed by atoms with van der Waals surface area (Å²) in [4.78, 5) is 23.5. The Kier molecular flexibility index (Phi) is 12.7. The number of hydrogen-bond donors (Lipinski definition) is 4. The molecule has 0 spiro atoms. The molecule has 0 aliphatic heterocycles. The van der Waals surface area contributed by atoms with E-state index in [0.717, 1.165) is 11.1 Å². The van der Waals surface area contributed by atoms with Crippen LogP contribution in [-0.2, 0) is 4.79 Å². The Morgan fingerprint density at radius 3 is 1.86 bits per heavy atom. The quantitative estimate of drug-likeness (QED) is 0.209. The molecule has 154 valence electrons. The van der Waals surface area contributed by atoms with Gasteiger partial charge in [-0.1, -0.05) is 32.6 Å². The first-order valence-corrected chi connectivity index (χ1v) is 9.26. The van der Waals surface area contributed by atoms with Gasteiger partial charge in [0.15, 0.2) is 0 Å². The van der Waals surface area contributed by atoms with E-state index in [1.54, 1.807) is 43.3 Å². The number of benzene rings is 2. The molecule has 0 saturated heterocycles. The molecular formula is C23H29N3O3. The monoisotopic (exact) mass is 395 g/mol. The first-order chi connectivity index (χ1) is 14.0. The Morgan fingerprint density at radius 2 is 1.45 bits per heavy atom. The summed E-state index contributed by atoms with van der Waals surface area (Å²) in [5.74, 6) is 4.97. The lowest BCUT2D eigenvalue weighted by Gasteiger charge is -2.14. The van der Waals surface area contributed by atoms with E-state index in [-0.39, 0.29) is 0 Å².